The zero-order chi connectivity index (χ0) is 22.0. The van der Waals surface area contributed by atoms with Crippen LogP contribution in [-0.4, -0.2) is 52.5 Å². The molecule has 0 saturated carbocycles. The average Bonchev–Trinajstić information content (AvgIpc) is 3.01. The van der Waals surface area contributed by atoms with Crippen LogP contribution in [0.3, 0.4) is 0 Å². The minimum absolute atomic E-state index is 0.224. The number of benzene rings is 1. The van der Waals surface area contributed by atoms with Gasteiger partial charge in [0.05, 0.1) is 6.54 Å². The van der Waals surface area contributed by atoms with Crippen LogP contribution in [-0.2, 0) is 6.54 Å². The first-order valence-electron chi connectivity index (χ1n) is 11.0. The molecule has 2 aliphatic heterocycles. The summed E-state index contributed by atoms with van der Waals surface area (Å²) in [6, 6.07) is 9.78. The molecule has 31 heavy (non-hydrogen) atoms. The fraction of sp³-hybridized carbons (Fsp3) is 0.440. The van der Waals surface area contributed by atoms with Gasteiger partial charge in [-0.1, -0.05) is 24.3 Å². The Kier molecular flexibility index (Phi) is 6.01. The molecule has 164 valence electrons. The van der Waals surface area contributed by atoms with Crippen molar-refractivity contribution < 1.29 is 9.53 Å². The maximum absolute atomic E-state index is 13.6. The third kappa shape index (κ3) is 4.44. The fourth-order valence-electron chi connectivity index (χ4n) is 4.88. The van der Waals surface area contributed by atoms with Gasteiger partial charge in [0, 0.05) is 37.3 Å². The second kappa shape index (κ2) is 8.71. The van der Waals surface area contributed by atoms with Gasteiger partial charge in [-0.05, 0) is 50.9 Å². The Morgan fingerprint density at radius 3 is 2.84 bits per heavy atom. The smallest absolute Gasteiger partial charge is 0.261 e. The second-order valence-electron chi connectivity index (χ2n) is 8.84. The Labute approximate surface area is 183 Å². The van der Waals surface area contributed by atoms with Crippen molar-refractivity contribution in [3.8, 4) is 5.75 Å². The molecular weight excluding hydrogens is 390 g/mol. The van der Waals surface area contributed by atoms with Crippen LogP contribution in [0.4, 0.5) is 0 Å². The van der Waals surface area contributed by atoms with Crippen LogP contribution in [0.5, 0.6) is 5.75 Å². The average molecular weight is 422 g/mol. The normalized spacial score (nSPS) is 21.7. The predicted molar refractivity (Wildman–Crippen MR) is 122 cm³/mol. The molecule has 6 heteroatoms. The number of nitrogens with zero attached hydrogens (tertiary/aromatic N) is 2. The molecule has 1 saturated heterocycles. The van der Waals surface area contributed by atoms with Gasteiger partial charge in [0.15, 0.2) is 0 Å². The summed E-state index contributed by atoms with van der Waals surface area (Å²) in [6.07, 6.45) is 4.61. The van der Waals surface area contributed by atoms with Gasteiger partial charge in [-0.2, -0.15) is 0 Å². The molecule has 1 fully saturated rings. The van der Waals surface area contributed by atoms with Crippen molar-refractivity contribution in [3.63, 3.8) is 0 Å². The van der Waals surface area contributed by atoms with E-state index in [0.717, 1.165) is 55.9 Å². The first-order chi connectivity index (χ1) is 14.9. The van der Waals surface area contributed by atoms with Gasteiger partial charge in [-0.25, -0.2) is 0 Å². The molecule has 1 amide bonds. The van der Waals surface area contributed by atoms with E-state index in [0.29, 0.717) is 18.7 Å². The monoisotopic (exact) mass is 421 g/mol. The summed E-state index contributed by atoms with van der Waals surface area (Å²) in [5.74, 6) is 0.607. The van der Waals surface area contributed by atoms with Gasteiger partial charge in [-0.3, -0.25) is 14.5 Å². The van der Waals surface area contributed by atoms with Crippen LogP contribution in [0.2, 0.25) is 0 Å². The molecular formula is C25H31N3O3. The highest BCUT2D eigenvalue weighted by Crippen LogP contribution is 2.36. The maximum Gasteiger partial charge on any atom is 0.261 e. The zero-order valence-electron chi connectivity index (χ0n) is 18.4. The first-order valence-corrected chi connectivity index (χ1v) is 11.0. The first kappa shape index (κ1) is 21.4. The quantitative estimate of drug-likeness (QED) is 0.771. The minimum Gasteiger partial charge on any atom is -0.485 e. The van der Waals surface area contributed by atoms with Crippen molar-refractivity contribution in [3.05, 3.63) is 75.7 Å². The Bertz CT molecular complexity index is 1040. The molecule has 1 N–H and O–H groups in total. The van der Waals surface area contributed by atoms with Gasteiger partial charge in [0.25, 0.3) is 11.5 Å². The van der Waals surface area contributed by atoms with Gasteiger partial charge in [-0.15, -0.1) is 6.58 Å². The summed E-state index contributed by atoms with van der Waals surface area (Å²) in [5, 5.41) is 0. The number of ether oxygens (including phenoxy) is 1. The molecule has 4 rings (SSSR count). The Balaban J connectivity index is 1.71. The third-order valence-electron chi connectivity index (χ3n) is 6.38. The topological polar surface area (TPSA) is 65.6 Å². The van der Waals surface area contributed by atoms with E-state index in [4.69, 9.17) is 4.74 Å². The van der Waals surface area contributed by atoms with Gasteiger partial charge < -0.3 is 14.6 Å². The van der Waals surface area contributed by atoms with Crippen LogP contribution in [0.15, 0.2) is 47.8 Å². The highest BCUT2D eigenvalue weighted by Gasteiger charge is 2.41. The lowest BCUT2D eigenvalue weighted by atomic mass is 9.93. The number of pyridine rings is 1. The highest BCUT2D eigenvalue weighted by atomic mass is 16.5. The van der Waals surface area contributed by atoms with Crippen molar-refractivity contribution in [2.45, 2.75) is 45.3 Å². The van der Waals surface area contributed by atoms with E-state index in [1.807, 2.05) is 55.2 Å². The number of H-pyrrole nitrogens is 1. The molecule has 0 unspecified atom stereocenters. The van der Waals surface area contributed by atoms with E-state index >= 15 is 0 Å². The number of para-hydroxylation sites is 1. The number of carbonyl (C=O) groups is 1. The van der Waals surface area contributed by atoms with E-state index in [9.17, 15) is 9.59 Å². The van der Waals surface area contributed by atoms with Gasteiger partial charge in [0.1, 0.15) is 16.9 Å². The van der Waals surface area contributed by atoms with Crippen molar-refractivity contribution in [1.29, 1.82) is 0 Å². The van der Waals surface area contributed by atoms with Crippen LogP contribution >= 0.6 is 0 Å². The van der Waals surface area contributed by atoms with Gasteiger partial charge in [0.2, 0.25) is 0 Å². The largest absolute Gasteiger partial charge is 0.485 e. The molecule has 0 radical (unpaired) electrons. The molecule has 1 aromatic heterocycles. The van der Waals surface area contributed by atoms with Crippen molar-refractivity contribution >= 4 is 5.91 Å². The lowest BCUT2D eigenvalue weighted by Crippen LogP contribution is -2.49. The molecule has 0 bridgehead atoms. The van der Waals surface area contributed by atoms with Crippen LogP contribution < -0.4 is 10.3 Å². The van der Waals surface area contributed by atoms with Crippen LogP contribution in [0.25, 0.3) is 0 Å². The van der Waals surface area contributed by atoms with Crippen molar-refractivity contribution in [1.82, 2.24) is 14.8 Å². The molecule has 6 nitrogen and oxygen atoms in total. The Morgan fingerprint density at radius 1 is 1.26 bits per heavy atom. The standard InChI is InChI=1S/C25H31N3O3/c1-4-12-27-13-7-10-25(11-14-27)17-28(16-20-8-5-6-9-21(20)31-25)24(30)22-18(2)15-19(3)26-23(22)29/h4-6,8-9,15H,1,7,10-14,16-17H2,2-3H3,(H,26,29)/t25-/m0/s1. The summed E-state index contributed by atoms with van der Waals surface area (Å²) >= 11 is 0. The highest BCUT2D eigenvalue weighted by molar-refractivity contribution is 5.95. The summed E-state index contributed by atoms with van der Waals surface area (Å²) in [5.41, 5.74) is 1.86. The molecule has 2 aliphatic rings. The predicted octanol–water partition coefficient (Wildman–Crippen LogP) is 3.44. The number of likely N-dealkylation sites (tertiary alicyclic amines) is 1. The number of hydrogen-bond donors (Lipinski definition) is 1. The number of aromatic nitrogens is 1. The molecule has 3 heterocycles. The maximum atomic E-state index is 13.6. The summed E-state index contributed by atoms with van der Waals surface area (Å²) in [7, 11) is 0. The van der Waals surface area contributed by atoms with E-state index in [-0.39, 0.29) is 17.0 Å². The molecule has 0 aliphatic carbocycles. The number of carbonyl (C=O) groups excluding carboxylic acids is 1. The minimum atomic E-state index is -0.469. The van der Waals surface area contributed by atoms with E-state index in [1.54, 1.807) is 0 Å². The molecule has 2 aromatic rings. The summed E-state index contributed by atoms with van der Waals surface area (Å²) in [4.78, 5) is 33.3. The van der Waals surface area contributed by atoms with E-state index in [2.05, 4.69) is 16.5 Å². The molecule has 1 aromatic carbocycles. The lowest BCUT2D eigenvalue weighted by Gasteiger charge is -2.35. The molecule has 1 spiro atoms. The number of fused-ring (bicyclic) bond motifs is 1. The van der Waals surface area contributed by atoms with Crippen molar-refractivity contribution in [2.24, 2.45) is 0 Å². The Morgan fingerprint density at radius 2 is 2.06 bits per heavy atom. The van der Waals surface area contributed by atoms with E-state index in [1.165, 1.54) is 0 Å². The second-order valence-corrected chi connectivity index (χ2v) is 8.84. The number of aromatic amines is 1. The number of nitrogens with one attached hydrogen (secondary N) is 1. The summed E-state index contributed by atoms with van der Waals surface area (Å²) < 4.78 is 6.66. The van der Waals surface area contributed by atoms with Crippen molar-refractivity contribution in [2.75, 3.05) is 26.2 Å². The number of rotatable bonds is 3. The van der Waals surface area contributed by atoms with Crippen LogP contribution in [0.1, 0.15) is 46.4 Å². The van der Waals surface area contributed by atoms with Gasteiger partial charge >= 0.3 is 0 Å². The Hall–Kier alpha value is -2.86. The fourth-order valence-corrected chi connectivity index (χ4v) is 4.88. The summed E-state index contributed by atoms with van der Waals surface area (Å²) in [6.45, 7) is 11.2. The lowest BCUT2D eigenvalue weighted by molar-refractivity contribution is 0.0217. The number of hydrogen-bond acceptors (Lipinski definition) is 4. The van der Waals surface area contributed by atoms with E-state index < -0.39 is 5.60 Å². The molecule has 1 atom stereocenters. The van der Waals surface area contributed by atoms with Crippen LogP contribution in [0, 0.1) is 13.8 Å². The third-order valence-corrected chi connectivity index (χ3v) is 6.38. The SMILES string of the molecule is C=CCN1CCC[C@]2(CC1)CN(C(=O)c1c(C)cc(C)[nH]c1=O)Cc1ccccc1O2. The number of aryl methyl sites for hydroxylation is 2. The zero-order valence-corrected chi connectivity index (χ0v) is 18.4. The number of amides is 1.